The Balaban J connectivity index is 1.58. The van der Waals surface area contributed by atoms with Crippen LogP contribution in [0.4, 0.5) is 0 Å². The maximum Gasteiger partial charge on any atom is 0.250 e. The van der Waals surface area contributed by atoms with Gasteiger partial charge in [0.1, 0.15) is 5.69 Å². The second-order valence-corrected chi connectivity index (χ2v) is 7.81. The maximum atomic E-state index is 12.0. The fourth-order valence-electron chi connectivity index (χ4n) is 4.51. The lowest BCUT2D eigenvalue weighted by Gasteiger charge is -2.15. The topological polar surface area (TPSA) is 106 Å². The van der Waals surface area contributed by atoms with Gasteiger partial charge in [0, 0.05) is 24.4 Å². The van der Waals surface area contributed by atoms with Gasteiger partial charge in [-0.25, -0.2) is 0 Å². The van der Waals surface area contributed by atoms with E-state index in [9.17, 15) is 9.59 Å². The molecule has 0 radical (unpaired) electrons. The van der Waals surface area contributed by atoms with E-state index in [1.807, 2.05) is 27.8 Å². The number of fused-ring (bicyclic) bond motifs is 2. The van der Waals surface area contributed by atoms with Gasteiger partial charge in [-0.3, -0.25) is 14.3 Å². The number of carbonyl (C=O) groups excluding carboxylic acids is 2. The standard InChI is InChI=1S/C22H23N5O3/c1-2-20(28)26-6-5-13(11-26)15-3-4-16(22(23)29)21-17(15)10-18(24-21)19-9-14-12-30-8-7-27(14)25-19/h2-4,9-10,13,24H,1,5-8,11-12H2,(H2,23,29). The molecule has 1 aromatic carbocycles. The van der Waals surface area contributed by atoms with Gasteiger partial charge in [0.25, 0.3) is 5.91 Å². The molecular weight excluding hydrogens is 382 g/mol. The summed E-state index contributed by atoms with van der Waals surface area (Å²) in [6, 6.07) is 7.76. The van der Waals surface area contributed by atoms with Crippen molar-refractivity contribution in [2.75, 3.05) is 19.7 Å². The molecule has 4 heterocycles. The van der Waals surface area contributed by atoms with E-state index in [0.29, 0.717) is 37.4 Å². The molecule has 2 aliphatic heterocycles. The maximum absolute atomic E-state index is 12.0. The van der Waals surface area contributed by atoms with Crippen LogP contribution in [0.25, 0.3) is 22.3 Å². The highest BCUT2D eigenvalue weighted by atomic mass is 16.5. The molecular formula is C22H23N5O3. The monoisotopic (exact) mass is 405 g/mol. The SMILES string of the molecule is C=CC(=O)N1CCC(c2ccc(C(N)=O)c3[nH]c(-c4cc5n(n4)CCOC5)cc23)C1. The molecule has 1 saturated heterocycles. The van der Waals surface area contributed by atoms with Crippen LogP contribution in [0.3, 0.4) is 0 Å². The van der Waals surface area contributed by atoms with Crippen LogP contribution in [0.1, 0.15) is 34.0 Å². The van der Waals surface area contributed by atoms with Crippen LogP contribution < -0.4 is 5.73 Å². The number of nitrogens with two attached hydrogens (primary N) is 1. The fraction of sp³-hybridized carbons (Fsp3) is 0.318. The van der Waals surface area contributed by atoms with Gasteiger partial charge < -0.3 is 20.4 Å². The highest BCUT2D eigenvalue weighted by Gasteiger charge is 2.28. The summed E-state index contributed by atoms with van der Waals surface area (Å²) in [6.07, 6.45) is 2.22. The minimum atomic E-state index is -0.479. The highest BCUT2D eigenvalue weighted by molar-refractivity contribution is 6.07. The Morgan fingerprint density at radius 1 is 1.30 bits per heavy atom. The van der Waals surface area contributed by atoms with E-state index in [4.69, 9.17) is 10.5 Å². The van der Waals surface area contributed by atoms with E-state index < -0.39 is 5.91 Å². The van der Waals surface area contributed by atoms with Crippen molar-refractivity contribution < 1.29 is 14.3 Å². The second kappa shape index (κ2) is 7.14. The Morgan fingerprint density at radius 2 is 2.17 bits per heavy atom. The molecule has 1 atom stereocenters. The molecule has 1 fully saturated rings. The average molecular weight is 405 g/mol. The molecule has 0 bridgehead atoms. The third-order valence-electron chi connectivity index (χ3n) is 6.04. The first-order chi connectivity index (χ1) is 14.5. The first kappa shape index (κ1) is 18.6. The molecule has 2 amide bonds. The van der Waals surface area contributed by atoms with E-state index in [1.165, 1.54) is 6.08 Å². The molecule has 154 valence electrons. The van der Waals surface area contributed by atoms with Crippen molar-refractivity contribution >= 4 is 22.7 Å². The Hall–Kier alpha value is -3.39. The fourth-order valence-corrected chi connectivity index (χ4v) is 4.51. The Kier molecular flexibility index (Phi) is 4.43. The number of nitrogens with zero attached hydrogens (tertiary/aromatic N) is 3. The van der Waals surface area contributed by atoms with Crippen LogP contribution in [0.2, 0.25) is 0 Å². The van der Waals surface area contributed by atoms with Crippen molar-refractivity contribution in [3.8, 4) is 11.4 Å². The summed E-state index contributed by atoms with van der Waals surface area (Å²) in [5, 5.41) is 5.64. The number of nitrogens with one attached hydrogen (secondary N) is 1. The molecule has 0 spiro atoms. The van der Waals surface area contributed by atoms with Gasteiger partial charge in [0.2, 0.25) is 5.91 Å². The molecule has 5 rings (SSSR count). The number of hydrogen-bond acceptors (Lipinski definition) is 4. The van der Waals surface area contributed by atoms with E-state index in [2.05, 4.69) is 16.7 Å². The van der Waals surface area contributed by atoms with Crippen molar-refractivity contribution in [2.24, 2.45) is 5.73 Å². The van der Waals surface area contributed by atoms with Crippen molar-refractivity contribution in [1.29, 1.82) is 0 Å². The van der Waals surface area contributed by atoms with Gasteiger partial charge in [-0.1, -0.05) is 12.6 Å². The number of aromatic nitrogens is 3. The van der Waals surface area contributed by atoms with Crippen molar-refractivity contribution in [2.45, 2.75) is 25.5 Å². The predicted molar refractivity (Wildman–Crippen MR) is 112 cm³/mol. The van der Waals surface area contributed by atoms with E-state index >= 15 is 0 Å². The molecule has 2 aromatic heterocycles. The third-order valence-corrected chi connectivity index (χ3v) is 6.04. The number of aromatic amines is 1. The molecule has 8 nitrogen and oxygen atoms in total. The van der Waals surface area contributed by atoms with E-state index in [-0.39, 0.29) is 11.8 Å². The van der Waals surface area contributed by atoms with E-state index in [0.717, 1.165) is 41.0 Å². The molecule has 30 heavy (non-hydrogen) atoms. The lowest BCUT2D eigenvalue weighted by Crippen LogP contribution is -2.26. The lowest BCUT2D eigenvalue weighted by molar-refractivity contribution is -0.125. The number of primary amides is 1. The van der Waals surface area contributed by atoms with Gasteiger partial charge in [-0.2, -0.15) is 5.10 Å². The molecule has 3 aromatic rings. The summed E-state index contributed by atoms with van der Waals surface area (Å²) in [5.74, 6) is -0.346. The van der Waals surface area contributed by atoms with Crippen molar-refractivity contribution in [3.05, 3.63) is 53.7 Å². The molecule has 0 saturated carbocycles. The van der Waals surface area contributed by atoms with E-state index in [1.54, 1.807) is 6.07 Å². The second-order valence-electron chi connectivity index (χ2n) is 7.81. The number of rotatable bonds is 4. The minimum Gasteiger partial charge on any atom is -0.373 e. The van der Waals surface area contributed by atoms with Gasteiger partial charge >= 0.3 is 0 Å². The highest BCUT2D eigenvalue weighted by Crippen LogP contribution is 2.36. The quantitative estimate of drug-likeness (QED) is 0.649. The zero-order valence-electron chi connectivity index (χ0n) is 16.6. The number of H-pyrrole nitrogens is 1. The number of ether oxygens (including phenoxy) is 1. The lowest BCUT2D eigenvalue weighted by atomic mass is 9.93. The molecule has 8 heteroatoms. The van der Waals surface area contributed by atoms with Crippen molar-refractivity contribution in [3.63, 3.8) is 0 Å². The summed E-state index contributed by atoms with van der Waals surface area (Å²) < 4.78 is 7.46. The largest absolute Gasteiger partial charge is 0.373 e. The normalized spacial score (nSPS) is 18.5. The first-order valence-corrected chi connectivity index (χ1v) is 10.1. The molecule has 3 N–H and O–H groups in total. The Labute approximate surface area is 173 Å². The zero-order chi connectivity index (χ0) is 20.8. The average Bonchev–Trinajstić information content (AvgIpc) is 3.49. The molecule has 2 aliphatic rings. The first-order valence-electron chi connectivity index (χ1n) is 10.1. The van der Waals surface area contributed by atoms with Crippen LogP contribution in [-0.2, 0) is 22.7 Å². The number of carbonyl (C=O) groups is 2. The third kappa shape index (κ3) is 3.00. The smallest absolute Gasteiger partial charge is 0.250 e. The summed E-state index contributed by atoms with van der Waals surface area (Å²) in [7, 11) is 0. The number of benzene rings is 1. The van der Waals surface area contributed by atoms with Gasteiger partial charge in [0.05, 0.1) is 42.2 Å². The number of amides is 2. The number of hydrogen-bond donors (Lipinski definition) is 2. The van der Waals surface area contributed by atoms with Crippen molar-refractivity contribution in [1.82, 2.24) is 19.7 Å². The van der Waals surface area contributed by atoms with Crippen LogP contribution in [0.15, 0.2) is 36.9 Å². The van der Waals surface area contributed by atoms with Gasteiger partial charge in [-0.15, -0.1) is 0 Å². The van der Waals surface area contributed by atoms with Crippen LogP contribution in [-0.4, -0.2) is 51.2 Å². The summed E-state index contributed by atoms with van der Waals surface area (Å²) >= 11 is 0. The summed E-state index contributed by atoms with van der Waals surface area (Å²) in [4.78, 5) is 29.2. The Morgan fingerprint density at radius 3 is 2.93 bits per heavy atom. The number of likely N-dealkylation sites (tertiary alicyclic amines) is 1. The van der Waals surface area contributed by atoms with Crippen LogP contribution >= 0.6 is 0 Å². The van der Waals surface area contributed by atoms with Gasteiger partial charge in [-0.05, 0) is 36.3 Å². The predicted octanol–water partition coefficient (Wildman–Crippen LogP) is 2.16. The minimum absolute atomic E-state index is 0.0527. The van der Waals surface area contributed by atoms with Crippen LogP contribution in [0, 0.1) is 0 Å². The molecule has 1 unspecified atom stereocenters. The Bertz CT molecular complexity index is 1150. The van der Waals surface area contributed by atoms with Crippen LogP contribution in [0.5, 0.6) is 0 Å². The zero-order valence-corrected chi connectivity index (χ0v) is 16.6. The molecule has 0 aliphatic carbocycles. The summed E-state index contributed by atoms with van der Waals surface area (Å²) in [6.45, 7) is 6.83. The summed E-state index contributed by atoms with van der Waals surface area (Å²) in [5.41, 5.74) is 10.6. The van der Waals surface area contributed by atoms with Gasteiger partial charge in [0.15, 0.2) is 0 Å².